The average molecular weight is 480 g/mol. The SMILES string of the molecule is O=C1/C(=C2/Sc3ccccc3[N+]23CCC3S(=O)(=O)O)OC(=S)N1CCS(=O)(=O)O. The van der Waals surface area contributed by atoms with E-state index in [0.717, 1.165) is 16.7 Å². The second kappa shape index (κ2) is 6.73. The molecule has 3 aliphatic heterocycles. The fourth-order valence-electron chi connectivity index (χ4n) is 3.70. The van der Waals surface area contributed by atoms with E-state index in [9.17, 15) is 26.2 Å². The van der Waals surface area contributed by atoms with Gasteiger partial charge in [-0.15, -0.1) is 0 Å². The Kier molecular flexibility index (Phi) is 4.81. The molecule has 3 heterocycles. The number of ether oxygens (including phenoxy) is 1. The molecule has 1 aromatic carbocycles. The highest BCUT2D eigenvalue weighted by atomic mass is 32.2. The Bertz CT molecular complexity index is 1180. The summed E-state index contributed by atoms with van der Waals surface area (Å²) in [5, 5.41) is -1.22. The fraction of sp³-hybridized carbons (Fsp3) is 0.333. The van der Waals surface area contributed by atoms with Gasteiger partial charge in [0.15, 0.2) is 5.69 Å². The first kappa shape index (κ1) is 20.7. The van der Waals surface area contributed by atoms with E-state index in [0.29, 0.717) is 17.1 Å². The molecule has 14 heteroatoms. The number of para-hydroxylation sites is 1. The summed E-state index contributed by atoms with van der Waals surface area (Å²) in [6.07, 6.45) is 0.190. The number of hydrogen-bond acceptors (Lipinski definition) is 8. The molecule has 0 bridgehead atoms. The minimum Gasteiger partial charge on any atom is -0.418 e. The number of hydrogen-bond donors (Lipinski definition) is 2. The van der Waals surface area contributed by atoms with Gasteiger partial charge in [-0.25, -0.2) is 4.48 Å². The first-order valence-electron chi connectivity index (χ1n) is 8.30. The Labute approximate surface area is 176 Å². The van der Waals surface area contributed by atoms with E-state index < -0.39 is 43.8 Å². The number of fused-ring (bicyclic) bond motifs is 2. The van der Waals surface area contributed by atoms with Gasteiger partial charge in [0.05, 0.1) is 23.6 Å². The molecule has 2 unspecified atom stereocenters. The van der Waals surface area contributed by atoms with Crippen molar-refractivity contribution in [3.05, 3.63) is 35.1 Å². The zero-order valence-corrected chi connectivity index (χ0v) is 17.9. The van der Waals surface area contributed by atoms with E-state index in [1.54, 1.807) is 24.3 Å². The molecule has 156 valence electrons. The number of thiocarbonyl (C=S) groups is 1. The van der Waals surface area contributed by atoms with Crippen molar-refractivity contribution in [3.63, 3.8) is 0 Å². The van der Waals surface area contributed by atoms with Crippen LogP contribution in [0.25, 0.3) is 0 Å². The minimum atomic E-state index is -4.44. The highest BCUT2D eigenvalue weighted by Crippen LogP contribution is 2.59. The van der Waals surface area contributed by atoms with Crippen molar-refractivity contribution in [1.82, 2.24) is 9.38 Å². The van der Waals surface area contributed by atoms with Crippen LogP contribution in [0.2, 0.25) is 0 Å². The molecular weight excluding hydrogens is 464 g/mol. The highest BCUT2D eigenvalue weighted by Gasteiger charge is 2.64. The van der Waals surface area contributed by atoms with Gasteiger partial charge in [0.2, 0.25) is 10.4 Å². The number of amides is 1. The average Bonchev–Trinajstić information content (AvgIpc) is 3.05. The third kappa shape index (κ3) is 3.28. The summed E-state index contributed by atoms with van der Waals surface area (Å²) in [6, 6.07) is 6.98. The van der Waals surface area contributed by atoms with Crippen molar-refractivity contribution in [1.29, 1.82) is 0 Å². The van der Waals surface area contributed by atoms with Crippen LogP contribution in [-0.2, 0) is 29.8 Å². The predicted molar refractivity (Wildman–Crippen MR) is 108 cm³/mol. The number of nitrogens with zero attached hydrogens (tertiary/aromatic N) is 2. The maximum absolute atomic E-state index is 12.9. The second-order valence-corrected chi connectivity index (χ2v) is 11.2. The molecule has 0 aromatic heterocycles. The molecule has 1 spiro atoms. The van der Waals surface area contributed by atoms with Crippen molar-refractivity contribution in [2.24, 2.45) is 0 Å². The van der Waals surface area contributed by atoms with Gasteiger partial charge in [0, 0.05) is 12.6 Å². The molecule has 1 amide bonds. The van der Waals surface area contributed by atoms with Crippen LogP contribution in [-0.4, -0.2) is 66.1 Å². The smallest absolute Gasteiger partial charge is 0.320 e. The summed E-state index contributed by atoms with van der Waals surface area (Å²) in [5.41, 5.74) is 0.618. The summed E-state index contributed by atoms with van der Waals surface area (Å²) in [4.78, 5) is 14.5. The van der Waals surface area contributed by atoms with Crippen LogP contribution in [0.15, 0.2) is 39.9 Å². The molecule has 0 saturated carbocycles. The summed E-state index contributed by atoms with van der Waals surface area (Å²) in [5.74, 6) is -1.67. The number of quaternary nitrogens is 1. The van der Waals surface area contributed by atoms with Crippen molar-refractivity contribution in [2.45, 2.75) is 16.7 Å². The first-order chi connectivity index (χ1) is 13.4. The van der Waals surface area contributed by atoms with Crippen LogP contribution in [0, 0.1) is 0 Å². The van der Waals surface area contributed by atoms with E-state index in [2.05, 4.69) is 0 Å². The van der Waals surface area contributed by atoms with Crippen LogP contribution < -0.4 is 4.48 Å². The maximum Gasteiger partial charge on any atom is 0.320 e. The van der Waals surface area contributed by atoms with Crippen molar-refractivity contribution >= 4 is 61.0 Å². The molecule has 29 heavy (non-hydrogen) atoms. The van der Waals surface area contributed by atoms with Crippen molar-refractivity contribution in [2.75, 3.05) is 18.8 Å². The summed E-state index contributed by atoms with van der Waals surface area (Å²) < 4.78 is 70.0. The first-order valence-corrected chi connectivity index (χ1v) is 12.6. The Morgan fingerprint density at radius 2 is 1.93 bits per heavy atom. The van der Waals surface area contributed by atoms with E-state index in [-0.39, 0.29) is 26.9 Å². The molecule has 0 aliphatic carbocycles. The van der Waals surface area contributed by atoms with Gasteiger partial charge in [0.25, 0.3) is 21.1 Å². The monoisotopic (exact) mass is 479 g/mol. The third-order valence-corrected chi connectivity index (χ3v) is 8.60. The normalized spacial score (nSPS) is 29.2. The number of carbonyl (C=O) groups is 1. The molecule has 1 aromatic rings. The van der Waals surface area contributed by atoms with Gasteiger partial charge < -0.3 is 4.74 Å². The van der Waals surface area contributed by atoms with Gasteiger partial charge in [-0.3, -0.25) is 18.8 Å². The van der Waals surface area contributed by atoms with Crippen molar-refractivity contribution < 1.29 is 35.5 Å². The molecule has 4 rings (SSSR count). The fourth-order valence-corrected chi connectivity index (χ4v) is 7.01. The molecule has 3 aliphatic rings. The second-order valence-electron chi connectivity index (χ2n) is 6.67. The lowest BCUT2D eigenvalue weighted by Crippen LogP contribution is -2.67. The summed E-state index contributed by atoms with van der Waals surface area (Å²) in [7, 11) is -8.77. The van der Waals surface area contributed by atoms with Gasteiger partial charge >= 0.3 is 16.0 Å². The lowest BCUT2D eigenvalue weighted by Gasteiger charge is -2.46. The molecule has 2 N–H and O–H groups in total. The minimum absolute atomic E-state index is 0.190. The topological polar surface area (TPSA) is 138 Å². The van der Waals surface area contributed by atoms with Crippen LogP contribution in [0.3, 0.4) is 0 Å². The highest BCUT2D eigenvalue weighted by molar-refractivity contribution is 8.03. The number of benzene rings is 1. The van der Waals surface area contributed by atoms with E-state index in [1.807, 2.05) is 0 Å². The van der Waals surface area contributed by atoms with E-state index in [4.69, 9.17) is 21.5 Å². The lowest BCUT2D eigenvalue weighted by atomic mass is 10.1. The Morgan fingerprint density at radius 3 is 2.52 bits per heavy atom. The molecule has 2 atom stereocenters. The zero-order chi connectivity index (χ0) is 21.2. The van der Waals surface area contributed by atoms with Crippen molar-refractivity contribution in [3.8, 4) is 0 Å². The molecule has 2 fully saturated rings. The number of rotatable bonds is 4. The van der Waals surface area contributed by atoms with Crippen LogP contribution >= 0.6 is 24.0 Å². The van der Waals surface area contributed by atoms with E-state index >= 15 is 0 Å². The Balaban J connectivity index is 1.81. The standard InChI is InChI=1S/C15H14N2O8S4/c18-13-12(25-15(26)16(13)6-8-28(19,20)21)14-17(7-5-11(17)29(22,23)24)9-3-1-2-4-10(9)27-14/h1-4,11H,5-8H2,(H-,19,20,21,22,23,24)/p+1/b14-12-. The maximum atomic E-state index is 12.9. The van der Waals surface area contributed by atoms with Crippen LogP contribution in [0.1, 0.15) is 6.42 Å². The number of thioether (sulfide) groups is 1. The van der Waals surface area contributed by atoms with Gasteiger partial charge in [-0.1, -0.05) is 12.1 Å². The summed E-state index contributed by atoms with van der Waals surface area (Å²) >= 11 is 6.17. The number of carbonyl (C=O) groups excluding carboxylic acids is 1. The zero-order valence-electron chi connectivity index (χ0n) is 14.6. The molecule has 10 nitrogen and oxygen atoms in total. The van der Waals surface area contributed by atoms with Gasteiger partial charge in [-0.2, -0.15) is 16.8 Å². The largest absolute Gasteiger partial charge is 0.418 e. The molecule has 0 radical (unpaired) electrons. The Hall–Kier alpha value is -1.55. The molecule has 2 saturated heterocycles. The van der Waals surface area contributed by atoms with Crippen LogP contribution in [0.5, 0.6) is 0 Å². The summed E-state index contributed by atoms with van der Waals surface area (Å²) in [6.45, 7) is -0.0889. The lowest BCUT2D eigenvalue weighted by molar-refractivity contribution is -0.122. The van der Waals surface area contributed by atoms with Gasteiger partial charge in [0.1, 0.15) is 0 Å². The third-order valence-electron chi connectivity index (χ3n) is 5.04. The quantitative estimate of drug-likeness (QED) is 0.277. The van der Waals surface area contributed by atoms with E-state index in [1.165, 1.54) is 0 Å². The van der Waals surface area contributed by atoms with Gasteiger partial charge in [-0.05, 0) is 30.0 Å². The van der Waals surface area contributed by atoms with Crippen LogP contribution in [0.4, 0.5) is 5.69 Å². The molecular formula is C15H15N2O8S4+. The Morgan fingerprint density at radius 1 is 1.24 bits per heavy atom. The predicted octanol–water partition coefficient (Wildman–Crippen LogP) is 0.918.